The third-order valence-electron chi connectivity index (χ3n) is 11.5. The summed E-state index contributed by atoms with van der Waals surface area (Å²) in [5.74, 6) is 0.969. The van der Waals surface area contributed by atoms with Crippen molar-refractivity contribution in [1.29, 1.82) is 0 Å². The highest BCUT2D eigenvalue weighted by molar-refractivity contribution is 6.15. The molecule has 2 aromatic heterocycles. The maximum atomic E-state index is 6.47. The van der Waals surface area contributed by atoms with Crippen LogP contribution in [0.3, 0.4) is 0 Å². The zero-order chi connectivity index (χ0) is 33.3. The largest absolute Gasteiger partial charge is 0.456 e. The second-order valence-corrected chi connectivity index (χ2v) is 14.0. The number of hydrogen-bond donors (Lipinski definition) is 0. The van der Waals surface area contributed by atoms with Crippen molar-refractivity contribution in [3.8, 4) is 45.0 Å². The summed E-state index contributed by atoms with van der Waals surface area (Å²) in [5.41, 5.74) is 18.5. The summed E-state index contributed by atoms with van der Waals surface area (Å²) < 4.78 is 6.47. The number of rotatable bonds is 3. The number of para-hydroxylation sites is 1. The average Bonchev–Trinajstić information content (AvgIpc) is 3.70. The van der Waals surface area contributed by atoms with Crippen LogP contribution in [0.2, 0.25) is 0 Å². The Labute approximate surface area is 294 Å². The number of fused-ring (bicyclic) bond motifs is 14. The normalized spacial score (nSPS) is 17.3. The van der Waals surface area contributed by atoms with Crippen LogP contribution >= 0.6 is 0 Å². The molecule has 0 N–H and O–H groups in total. The molecular formula is C48H28N2O. The first-order chi connectivity index (χ1) is 25.3. The molecule has 12 rings (SSSR count). The Morgan fingerprint density at radius 1 is 0.471 bits per heavy atom. The second kappa shape index (κ2) is 9.77. The Morgan fingerprint density at radius 2 is 1.10 bits per heavy atom. The van der Waals surface area contributed by atoms with Crippen molar-refractivity contribution in [2.45, 2.75) is 11.3 Å². The topological polar surface area (TPSA) is 38.9 Å². The summed E-state index contributed by atoms with van der Waals surface area (Å²) >= 11 is 0. The maximum absolute atomic E-state index is 6.47. The van der Waals surface area contributed by atoms with Gasteiger partial charge in [-0.15, -0.1) is 0 Å². The first kappa shape index (κ1) is 27.3. The maximum Gasteiger partial charge on any atom is 0.160 e. The van der Waals surface area contributed by atoms with Gasteiger partial charge in [-0.25, -0.2) is 9.97 Å². The van der Waals surface area contributed by atoms with E-state index in [1.54, 1.807) is 0 Å². The van der Waals surface area contributed by atoms with E-state index in [-0.39, 0.29) is 5.92 Å². The van der Waals surface area contributed by atoms with Crippen LogP contribution in [0, 0.1) is 0 Å². The summed E-state index contributed by atoms with van der Waals surface area (Å²) in [7, 11) is 0. The third-order valence-corrected chi connectivity index (χ3v) is 11.5. The minimum atomic E-state index is -0.499. The molecule has 0 aliphatic heterocycles. The number of hydrogen-bond acceptors (Lipinski definition) is 3. The van der Waals surface area contributed by atoms with Gasteiger partial charge in [-0.1, -0.05) is 146 Å². The van der Waals surface area contributed by atoms with E-state index in [0.29, 0.717) is 0 Å². The van der Waals surface area contributed by atoms with Crippen LogP contribution in [0.5, 0.6) is 0 Å². The zero-order valence-electron chi connectivity index (χ0n) is 27.5. The minimum Gasteiger partial charge on any atom is -0.456 e. The zero-order valence-corrected chi connectivity index (χ0v) is 27.5. The van der Waals surface area contributed by atoms with Crippen molar-refractivity contribution < 1.29 is 4.42 Å². The van der Waals surface area contributed by atoms with E-state index in [1.165, 1.54) is 55.5 Å². The monoisotopic (exact) mass is 648 g/mol. The molecule has 0 saturated carbocycles. The molecule has 7 aromatic carbocycles. The fourth-order valence-corrected chi connectivity index (χ4v) is 9.49. The van der Waals surface area contributed by atoms with Crippen molar-refractivity contribution in [3.63, 3.8) is 0 Å². The van der Waals surface area contributed by atoms with Gasteiger partial charge in [-0.3, -0.25) is 0 Å². The number of furan rings is 1. The highest BCUT2D eigenvalue weighted by atomic mass is 16.3. The Bertz CT molecular complexity index is 2870. The molecule has 2 unspecified atom stereocenters. The molecule has 0 bridgehead atoms. The standard InChI is InChI=1S/C48H28N2O/c1-3-13-28(14-4-1)38-27-39(29-15-5-2-6-16-29)50-47(49-38)33-20-12-23-36-44(33)46-32-19-11-22-35(43(32)46)48(36)34-21-9-7-17-30(34)42-37(48)25-26-41-45(42)31-18-8-10-24-40(31)51-41/h1-27,46H. The SMILES string of the molecule is c1ccc(-c2cc(-c3ccccc3)nc(-c3cccc4c3C3c5cccc(c53)C43c4ccccc4-c4c3ccc3oc5ccccc5c43)n2)cc1. The van der Waals surface area contributed by atoms with E-state index in [1.807, 2.05) is 0 Å². The molecule has 3 heteroatoms. The van der Waals surface area contributed by atoms with Crippen LogP contribution in [0.15, 0.2) is 168 Å². The van der Waals surface area contributed by atoms with E-state index in [2.05, 4.69) is 164 Å². The highest BCUT2D eigenvalue weighted by Gasteiger charge is 2.57. The van der Waals surface area contributed by atoms with E-state index < -0.39 is 5.41 Å². The Kier molecular flexibility index (Phi) is 5.22. The van der Waals surface area contributed by atoms with Gasteiger partial charge in [-0.05, 0) is 68.3 Å². The van der Waals surface area contributed by atoms with Gasteiger partial charge in [0.05, 0.1) is 16.8 Å². The molecule has 0 amide bonds. The van der Waals surface area contributed by atoms with Crippen molar-refractivity contribution in [1.82, 2.24) is 9.97 Å². The van der Waals surface area contributed by atoms with Gasteiger partial charge in [0, 0.05) is 33.4 Å². The van der Waals surface area contributed by atoms with Crippen molar-refractivity contribution in [2.75, 3.05) is 0 Å². The quantitative estimate of drug-likeness (QED) is 0.191. The second-order valence-electron chi connectivity index (χ2n) is 14.0. The molecule has 3 nitrogen and oxygen atoms in total. The van der Waals surface area contributed by atoms with E-state index in [9.17, 15) is 0 Å². The lowest BCUT2D eigenvalue weighted by molar-refractivity contribution is 0.668. The highest BCUT2D eigenvalue weighted by Crippen LogP contribution is 2.69. The predicted octanol–water partition coefficient (Wildman–Crippen LogP) is 11.5. The molecule has 236 valence electrons. The van der Waals surface area contributed by atoms with E-state index in [0.717, 1.165) is 50.5 Å². The summed E-state index contributed by atoms with van der Waals surface area (Å²) in [6, 6.07) is 58.8. The third kappa shape index (κ3) is 3.47. The van der Waals surface area contributed by atoms with Crippen LogP contribution in [-0.2, 0) is 5.41 Å². The van der Waals surface area contributed by atoms with Crippen molar-refractivity contribution in [3.05, 3.63) is 203 Å². The smallest absolute Gasteiger partial charge is 0.160 e. The van der Waals surface area contributed by atoms with Crippen LogP contribution in [0.25, 0.3) is 67.0 Å². The Morgan fingerprint density at radius 3 is 1.88 bits per heavy atom. The molecule has 51 heavy (non-hydrogen) atoms. The average molecular weight is 649 g/mol. The van der Waals surface area contributed by atoms with Crippen molar-refractivity contribution in [2.24, 2.45) is 0 Å². The molecule has 9 aromatic rings. The van der Waals surface area contributed by atoms with Crippen LogP contribution < -0.4 is 0 Å². The molecule has 3 aliphatic rings. The van der Waals surface area contributed by atoms with Gasteiger partial charge >= 0.3 is 0 Å². The molecule has 0 radical (unpaired) electrons. The first-order valence-electron chi connectivity index (χ1n) is 17.6. The van der Waals surface area contributed by atoms with Crippen LogP contribution in [0.4, 0.5) is 0 Å². The predicted molar refractivity (Wildman–Crippen MR) is 204 cm³/mol. The fourth-order valence-electron chi connectivity index (χ4n) is 9.49. The summed E-state index contributed by atoms with van der Waals surface area (Å²) in [6.07, 6.45) is 0. The fraction of sp³-hybridized carbons (Fsp3) is 0.0417. The van der Waals surface area contributed by atoms with E-state index >= 15 is 0 Å². The summed E-state index contributed by atoms with van der Waals surface area (Å²) in [6.45, 7) is 0. The van der Waals surface area contributed by atoms with Gasteiger partial charge in [0.1, 0.15) is 11.2 Å². The number of nitrogens with zero attached hydrogens (tertiary/aromatic N) is 2. The molecule has 0 fully saturated rings. The molecule has 3 aliphatic carbocycles. The summed E-state index contributed by atoms with van der Waals surface area (Å²) in [4.78, 5) is 10.7. The lowest BCUT2D eigenvalue weighted by Gasteiger charge is -2.38. The van der Waals surface area contributed by atoms with Gasteiger partial charge in [-0.2, -0.15) is 0 Å². The number of aromatic nitrogens is 2. The lowest BCUT2D eigenvalue weighted by atomic mass is 9.62. The van der Waals surface area contributed by atoms with Gasteiger partial charge in [0.25, 0.3) is 0 Å². The van der Waals surface area contributed by atoms with Crippen LogP contribution in [-0.4, -0.2) is 9.97 Å². The van der Waals surface area contributed by atoms with E-state index in [4.69, 9.17) is 14.4 Å². The van der Waals surface area contributed by atoms with Gasteiger partial charge in [0.2, 0.25) is 0 Å². The Hall–Kier alpha value is -6.58. The van der Waals surface area contributed by atoms with Crippen LogP contribution in [0.1, 0.15) is 44.9 Å². The first-order valence-corrected chi connectivity index (χ1v) is 17.6. The molecule has 2 heterocycles. The summed E-state index contributed by atoms with van der Waals surface area (Å²) in [5, 5.41) is 2.35. The van der Waals surface area contributed by atoms with Gasteiger partial charge < -0.3 is 4.42 Å². The molecule has 1 spiro atoms. The minimum absolute atomic E-state index is 0.214. The number of benzene rings is 7. The molecule has 0 saturated heterocycles. The Balaban J connectivity index is 1.19. The lowest BCUT2D eigenvalue weighted by Crippen LogP contribution is -2.32. The van der Waals surface area contributed by atoms with Crippen molar-refractivity contribution >= 4 is 21.9 Å². The molecular weight excluding hydrogens is 621 g/mol. The van der Waals surface area contributed by atoms with Gasteiger partial charge in [0.15, 0.2) is 5.82 Å². The molecule has 2 atom stereocenters.